The van der Waals surface area contributed by atoms with Crippen molar-refractivity contribution in [3.8, 4) is 0 Å². The quantitative estimate of drug-likeness (QED) is 0.826. The van der Waals surface area contributed by atoms with Gasteiger partial charge in [-0.25, -0.2) is 4.79 Å². The van der Waals surface area contributed by atoms with Crippen LogP contribution in [-0.2, 0) is 11.3 Å². The predicted octanol–water partition coefficient (Wildman–Crippen LogP) is 3.63. The Morgan fingerprint density at radius 2 is 2.27 bits per heavy atom. The molecule has 1 N–H and O–H groups in total. The molecular formula is C20H26N4O2. The van der Waals surface area contributed by atoms with Gasteiger partial charge >= 0.3 is 6.03 Å². The molecule has 1 fully saturated rings. The van der Waals surface area contributed by atoms with Gasteiger partial charge in [0.15, 0.2) is 0 Å². The van der Waals surface area contributed by atoms with Crippen molar-refractivity contribution in [1.82, 2.24) is 14.7 Å². The van der Waals surface area contributed by atoms with Crippen LogP contribution in [0.25, 0.3) is 6.08 Å². The second-order valence-electron chi connectivity index (χ2n) is 6.37. The highest BCUT2D eigenvalue weighted by atomic mass is 16.5. The molecule has 2 aromatic rings. The van der Waals surface area contributed by atoms with Crippen LogP contribution < -0.4 is 5.32 Å². The number of aromatic nitrogens is 2. The molecule has 138 valence electrons. The minimum atomic E-state index is -0.131. The maximum atomic E-state index is 12.7. The van der Waals surface area contributed by atoms with Crippen LogP contribution in [0.3, 0.4) is 0 Å². The monoisotopic (exact) mass is 354 g/mol. The maximum absolute atomic E-state index is 12.7. The van der Waals surface area contributed by atoms with Gasteiger partial charge in [-0.15, -0.1) is 0 Å². The molecule has 0 aliphatic carbocycles. The highest BCUT2D eigenvalue weighted by Crippen LogP contribution is 2.15. The first-order valence-electron chi connectivity index (χ1n) is 9.16. The van der Waals surface area contributed by atoms with Crippen LogP contribution >= 0.6 is 0 Å². The van der Waals surface area contributed by atoms with E-state index in [9.17, 15) is 4.79 Å². The summed E-state index contributed by atoms with van der Waals surface area (Å²) in [5.74, 6) is 0. The molecule has 1 aromatic heterocycles. The van der Waals surface area contributed by atoms with Crippen LogP contribution in [0.5, 0.6) is 0 Å². The van der Waals surface area contributed by atoms with Gasteiger partial charge in [0.1, 0.15) is 0 Å². The summed E-state index contributed by atoms with van der Waals surface area (Å²) in [6, 6.07) is 9.95. The van der Waals surface area contributed by atoms with Gasteiger partial charge in [0.2, 0.25) is 0 Å². The van der Waals surface area contributed by atoms with Gasteiger partial charge in [0.05, 0.1) is 18.0 Å². The summed E-state index contributed by atoms with van der Waals surface area (Å²) in [7, 11) is 0. The SMILES string of the molecule is CCn1cc(NC(=O)N(C/C=C/c2ccccc2)C[C@@H]2CCCO2)cn1. The summed E-state index contributed by atoms with van der Waals surface area (Å²) in [6.07, 6.45) is 9.73. The fourth-order valence-corrected chi connectivity index (χ4v) is 2.96. The minimum Gasteiger partial charge on any atom is -0.376 e. The number of aryl methyl sites for hydroxylation is 1. The van der Waals surface area contributed by atoms with E-state index in [-0.39, 0.29) is 12.1 Å². The van der Waals surface area contributed by atoms with Gasteiger partial charge in [0.25, 0.3) is 0 Å². The molecule has 1 aromatic carbocycles. The predicted molar refractivity (Wildman–Crippen MR) is 103 cm³/mol. The fourth-order valence-electron chi connectivity index (χ4n) is 2.96. The third-order valence-electron chi connectivity index (χ3n) is 4.38. The molecule has 0 saturated carbocycles. The topological polar surface area (TPSA) is 59.4 Å². The standard InChI is InChI=1S/C20H26N4O2/c1-2-24-15-18(14-21-24)22-20(25)23(16-19-11-7-13-26-19)12-6-10-17-8-4-3-5-9-17/h3-6,8-10,14-15,19H,2,7,11-13,16H2,1H3,(H,22,25)/b10-6+/t19-/m0/s1. The Morgan fingerprint density at radius 3 is 2.96 bits per heavy atom. The number of carbonyl (C=O) groups excluding carboxylic acids is 1. The molecule has 6 heteroatoms. The van der Waals surface area contributed by atoms with Gasteiger partial charge in [-0.05, 0) is 25.3 Å². The Bertz CT molecular complexity index is 720. The average molecular weight is 354 g/mol. The van der Waals surface area contributed by atoms with Crippen LogP contribution in [0, 0.1) is 0 Å². The van der Waals surface area contributed by atoms with E-state index in [0.717, 1.165) is 31.6 Å². The highest BCUT2D eigenvalue weighted by Gasteiger charge is 2.22. The number of rotatable bonds is 7. The van der Waals surface area contributed by atoms with E-state index in [1.807, 2.05) is 55.6 Å². The lowest BCUT2D eigenvalue weighted by Gasteiger charge is -2.24. The van der Waals surface area contributed by atoms with Crippen molar-refractivity contribution in [3.05, 3.63) is 54.4 Å². The molecule has 6 nitrogen and oxygen atoms in total. The van der Waals surface area contributed by atoms with Crippen molar-refractivity contribution in [2.24, 2.45) is 0 Å². The molecule has 1 aliphatic heterocycles. The van der Waals surface area contributed by atoms with E-state index >= 15 is 0 Å². The number of anilines is 1. The molecular weight excluding hydrogens is 328 g/mol. The third kappa shape index (κ3) is 5.20. The average Bonchev–Trinajstić information content (AvgIpc) is 3.33. The molecule has 0 unspecified atom stereocenters. The lowest BCUT2D eigenvalue weighted by Crippen LogP contribution is -2.40. The van der Waals surface area contributed by atoms with Gasteiger partial charge in [-0.2, -0.15) is 5.10 Å². The molecule has 2 amide bonds. The number of amides is 2. The summed E-state index contributed by atoms with van der Waals surface area (Å²) in [5, 5.41) is 7.13. The van der Waals surface area contributed by atoms with Crippen molar-refractivity contribution >= 4 is 17.8 Å². The van der Waals surface area contributed by atoms with Crippen LogP contribution in [-0.4, -0.2) is 46.5 Å². The second-order valence-corrected chi connectivity index (χ2v) is 6.37. The number of hydrogen-bond donors (Lipinski definition) is 1. The van der Waals surface area contributed by atoms with Crippen molar-refractivity contribution in [2.45, 2.75) is 32.4 Å². The molecule has 0 bridgehead atoms. The minimum absolute atomic E-state index is 0.115. The van der Waals surface area contributed by atoms with E-state index in [1.54, 1.807) is 15.8 Å². The van der Waals surface area contributed by atoms with Gasteiger partial charge in [-0.1, -0.05) is 42.5 Å². The molecule has 26 heavy (non-hydrogen) atoms. The molecule has 1 aliphatic rings. The Kier molecular flexibility index (Phi) is 6.44. The Hall–Kier alpha value is -2.60. The second kappa shape index (κ2) is 9.20. The highest BCUT2D eigenvalue weighted by molar-refractivity contribution is 5.89. The Labute approximate surface area is 154 Å². The van der Waals surface area contributed by atoms with E-state index in [4.69, 9.17) is 4.74 Å². The maximum Gasteiger partial charge on any atom is 0.322 e. The van der Waals surface area contributed by atoms with Gasteiger partial charge in [0, 0.05) is 32.4 Å². The Morgan fingerprint density at radius 1 is 1.42 bits per heavy atom. The zero-order valence-corrected chi connectivity index (χ0v) is 15.2. The summed E-state index contributed by atoms with van der Waals surface area (Å²) < 4.78 is 7.49. The number of nitrogens with one attached hydrogen (secondary N) is 1. The van der Waals surface area contributed by atoms with Crippen LogP contribution in [0.4, 0.5) is 10.5 Å². The van der Waals surface area contributed by atoms with Crippen molar-refractivity contribution < 1.29 is 9.53 Å². The molecule has 1 saturated heterocycles. The van der Waals surface area contributed by atoms with Crippen LogP contribution in [0.15, 0.2) is 48.8 Å². The number of benzene rings is 1. The molecule has 0 spiro atoms. The third-order valence-corrected chi connectivity index (χ3v) is 4.38. The summed E-state index contributed by atoms with van der Waals surface area (Å²) in [5.41, 5.74) is 1.83. The zero-order chi connectivity index (χ0) is 18.2. The van der Waals surface area contributed by atoms with Crippen molar-refractivity contribution in [1.29, 1.82) is 0 Å². The first-order valence-corrected chi connectivity index (χ1v) is 9.16. The number of ether oxygens (including phenoxy) is 1. The lowest BCUT2D eigenvalue weighted by molar-refractivity contribution is 0.0863. The number of nitrogens with zero attached hydrogens (tertiary/aromatic N) is 3. The molecule has 3 rings (SSSR count). The molecule has 2 heterocycles. The van der Waals surface area contributed by atoms with Crippen LogP contribution in [0.2, 0.25) is 0 Å². The van der Waals surface area contributed by atoms with Crippen molar-refractivity contribution in [2.75, 3.05) is 25.0 Å². The fraction of sp³-hybridized carbons (Fsp3) is 0.400. The molecule has 1 atom stereocenters. The zero-order valence-electron chi connectivity index (χ0n) is 15.2. The van der Waals surface area contributed by atoms with E-state index in [1.165, 1.54) is 0 Å². The normalized spacial score (nSPS) is 16.9. The van der Waals surface area contributed by atoms with Crippen LogP contribution in [0.1, 0.15) is 25.3 Å². The summed E-state index contributed by atoms with van der Waals surface area (Å²) >= 11 is 0. The summed E-state index contributed by atoms with van der Waals surface area (Å²) in [4.78, 5) is 14.5. The van der Waals surface area contributed by atoms with Gasteiger partial charge in [-0.3, -0.25) is 4.68 Å². The smallest absolute Gasteiger partial charge is 0.322 e. The first kappa shape index (κ1) is 18.2. The number of hydrogen-bond acceptors (Lipinski definition) is 3. The number of carbonyl (C=O) groups is 1. The first-order chi connectivity index (χ1) is 12.7. The lowest BCUT2D eigenvalue weighted by atomic mass is 10.2. The summed E-state index contributed by atoms with van der Waals surface area (Å²) in [6.45, 7) is 4.69. The Balaban J connectivity index is 1.63. The van der Waals surface area contributed by atoms with E-state index in [2.05, 4.69) is 10.4 Å². The van der Waals surface area contributed by atoms with E-state index < -0.39 is 0 Å². The van der Waals surface area contributed by atoms with E-state index in [0.29, 0.717) is 18.8 Å². The van der Waals surface area contributed by atoms with Crippen molar-refractivity contribution in [3.63, 3.8) is 0 Å². The number of urea groups is 1. The van der Waals surface area contributed by atoms with Gasteiger partial charge < -0.3 is 15.0 Å². The largest absolute Gasteiger partial charge is 0.376 e. The molecule has 0 radical (unpaired) electrons.